The van der Waals surface area contributed by atoms with Crippen LogP contribution in [0.15, 0.2) is 77.8 Å². The smallest absolute Gasteiger partial charge is 0.278 e. The molecule has 37 heavy (non-hydrogen) atoms. The minimum atomic E-state index is -0.198. The molecule has 6 nitrogen and oxygen atoms in total. The lowest BCUT2D eigenvalue weighted by molar-refractivity contribution is -0.112. The molecule has 2 aliphatic heterocycles. The van der Waals surface area contributed by atoms with Gasteiger partial charge in [0.05, 0.1) is 30.3 Å². The molecule has 5 rings (SSSR count). The van der Waals surface area contributed by atoms with Crippen molar-refractivity contribution in [3.8, 4) is 5.75 Å². The quantitative estimate of drug-likeness (QED) is 0.357. The molecule has 1 fully saturated rings. The van der Waals surface area contributed by atoms with Crippen molar-refractivity contribution in [3.63, 3.8) is 0 Å². The molecule has 0 N–H and O–H groups in total. The van der Waals surface area contributed by atoms with E-state index in [0.717, 1.165) is 55.0 Å². The molecule has 0 aliphatic carbocycles. The summed E-state index contributed by atoms with van der Waals surface area (Å²) in [5.74, 6) is 0.517. The largest absolute Gasteiger partial charge is 0.494 e. The van der Waals surface area contributed by atoms with Crippen LogP contribution in [0.1, 0.15) is 31.7 Å². The molecule has 0 aromatic heterocycles. The Labute approximate surface area is 218 Å². The van der Waals surface area contributed by atoms with Gasteiger partial charge in [-0.1, -0.05) is 50.1 Å². The van der Waals surface area contributed by atoms with Gasteiger partial charge in [-0.3, -0.25) is 14.6 Å². The first-order chi connectivity index (χ1) is 18.1. The van der Waals surface area contributed by atoms with E-state index in [4.69, 9.17) is 9.73 Å². The Morgan fingerprint density at radius 1 is 0.865 bits per heavy atom. The third-order valence-electron chi connectivity index (χ3n) is 6.90. The molecule has 0 saturated carbocycles. The molecule has 0 unspecified atom stereocenters. The number of unbranched alkanes of at least 4 members (excludes halogenated alkanes) is 2. The highest BCUT2D eigenvalue weighted by molar-refractivity contribution is 6.54. The van der Waals surface area contributed by atoms with Crippen molar-refractivity contribution < 1.29 is 13.9 Å². The average molecular weight is 501 g/mol. The molecule has 7 heteroatoms. The van der Waals surface area contributed by atoms with Crippen molar-refractivity contribution in [2.45, 2.75) is 26.2 Å². The summed E-state index contributed by atoms with van der Waals surface area (Å²) in [6.07, 6.45) is 3.36. The van der Waals surface area contributed by atoms with Gasteiger partial charge in [0, 0.05) is 31.7 Å². The maximum atomic E-state index is 14.2. The summed E-state index contributed by atoms with van der Waals surface area (Å²) in [6, 6.07) is 22.3. The molecule has 1 amide bonds. The standard InChI is InChI=1S/C30H33FN4O2/c1-2-3-8-21-37-24-15-13-23(14-16-24)32-29-25-9-4-6-11-27(25)35(30(29)36)22-33-17-19-34(20-18-33)28-12-7-5-10-26(28)31/h4-7,9-16H,2-3,8,17-22H2,1H3. The number of rotatable bonds is 9. The number of nitrogens with zero attached hydrogens (tertiary/aromatic N) is 4. The number of halogens is 1. The predicted octanol–water partition coefficient (Wildman–Crippen LogP) is 5.64. The molecule has 1 saturated heterocycles. The molecule has 2 heterocycles. The first-order valence-corrected chi connectivity index (χ1v) is 13.1. The van der Waals surface area contributed by atoms with E-state index in [0.29, 0.717) is 37.8 Å². The number of para-hydroxylation sites is 2. The topological polar surface area (TPSA) is 48.4 Å². The number of aliphatic imine (C=N–C) groups is 1. The van der Waals surface area contributed by atoms with Crippen LogP contribution in [0.25, 0.3) is 0 Å². The highest BCUT2D eigenvalue weighted by Gasteiger charge is 2.35. The monoisotopic (exact) mass is 500 g/mol. The van der Waals surface area contributed by atoms with Crippen molar-refractivity contribution in [2.24, 2.45) is 4.99 Å². The minimum absolute atomic E-state index is 0.0994. The van der Waals surface area contributed by atoms with Crippen LogP contribution >= 0.6 is 0 Å². The summed E-state index contributed by atoms with van der Waals surface area (Å²) in [6.45, 7) is 6.25. The van der Waals surface area contributed by atoms with Gasteiger partial charge in [0.1, 0.15) is 17.3 Å². The van der Waals surface area contributed by atoms with Gasteiger partial charge in [-0.05, 0) is 48.9 Å². The predicted molar refractivity (Wildman–Crippen MR) is 147 cm³/mol. The lowest BCUT2D eigenvalue weighted by atomic mass is 10.1. The number of hydrogen-bond acceptors (Lipinski definition) is 5. The number of amides is 1. The van der Waals surface area contributed by atoms with Crippen LogP contribution in [0.5, 0.6) is 5.75 Å². The number of carbonyl (C=O) groups is 1. The highest BCUT2D eigenvalue weighted by Crippen LogP contribution is 2.32. The number of anilines is 2. The number of hydrogen-bond donors (Lipinski definition) is 0. The van der Waals surface area contributed by atoms with E-state index < -0.39 is 0 Å². The number of ether oxygens (including phenoxy) is 1. The summed E-state index contributed by atoms with van der Waals surface area (Å²) < 4.78 is 20.0. The Balaban J connectivity index is 1.26. The van der Waals surface area contributed by atoms with Crippen LogP contribution in [-0.2, 0) is 4.79 Å². The fraction of sp³-hybridized carbons (Fsp3) is 0.333. The van der Waals surface area contributed by atoms with Gasteiger partial charge in [-0.2, -0.15) is 0 Å². The van der Waals surface area contributed by atoms with Crippen LogP contribution in [-0.4, -0.2) is 56.0 Å². The van der Waals surface area contributed by atoms with E-state index in [-0.39, 0.29) is 11.7 Å². The van der Waals surface area contributed by atoms with Crippen molar-refractivity contribution >= 4 is 28.7 Å². The number of benzene rings is 3. The Morgan fingerprint density at radius 2 is 1.57 bits per heavy atom. The van der Waals surface area contributed by atoms with Gasteiger partial charge in [0.25, 0.3) is 5.91 Å². The molecule has 2 aliphatic rings. The maximum absolute atomic E-state index is 14.2. The summed E-state index contributed by atoms with van der Waals surface area (Å²) in [4.78, 5) is 24.4. The zero-order valence-electron chi connectivity index (χ0n) is 21.3. The molecular formula is C30H33FN4O2. The molecule has 0 spiro atoms. The van der Waals surface area contributed by atoms with Gasteiger partial charge in [0.15, 0.2) is 0 Å². The maximum Gasteiger partial charge on any atom is 0.278 e. The van der Waals surface area contributed by atoms with Crippen LogP contribution in [0.3, 0.4) is 0 Å². The van der Waals surface area contributed by atoms with E-state index >= 15 is 0 Å². The van der Waals surface area contributed by atoms with Gasteiger partial charge >= 0.3 is 0 Å². The van der Waals surface area contributed by atoms with Crippen molar-refractivity contribution in [3.05, 3.63) is 84.2 Å². The molecule has 3 aromatic carbocycles. The molecule has 0 atom stereocenters. The SMILES string of the molecule is CCCCCOc1ccc(N=C2C(=O)N(CN3CCN(c4ccccc4F)CC3)c3ccccc32)cc1. The van der Waals surface area contributed by atoms with E-state index in [1.165, 1.54) is 6.07 Å². The Bertz CT molecular complexity index is 1250. The number of fused-ring (bicyclic) bond motifs is 1. The zero-order chi connectivity index (χ0) is 25.6. The number of piperazine rings is 1. The van der Waals surface area contributed by atoms with Gasteiger partial charge in [0.2, 0.25) is 0 Å². The summed E-state index contributed by atoms with van der Waals surface area (Å²) >= 11 is 0. The summed E-state index contributed by atoms with van der Waals surface area (Å²) in [7, 11) is 0. The van der Waals surface area contributed by atoms with E-state index in [1.54, 1.807) is 11.0 Å². The summed E-state index contributed by atoms with van der Waals surface area (Å²) in [5.41, 5.74) is 3.53. The minimum Gasteiger partial charge on any atom is -0.494 e. The zero-order valence-corrected chi connectivity index (χ0v) is 21.3. The lowest BCUT2D eigenvalue weighted by Crippen LogP contribution is -2.51. The fourth-order valence-electron chi connectivity index (χ4n) is 4.84. The molecule has 0 bridgehead atoms. The molecule has 0 radical (unpaired) electrons. The lowest BCUT2D eigenvalue weighted by Gasteiger charge is -2.37. The van der Waals surface area contributed by atoms with Gasteiger partial charge < -0.3 is 9.64 Å². The van der Waals surface area contributed by atoms with Gasteiger partial charge in [-0.15, -0.1) is 0 Å². The first kappa shape index (κ1) is 25.0. The Morgan fingerprint density at radius 3 is 2.30 bits per heavy atom. The third kappa shape index (κ3) is 5.67. The molecular weight excluding hydrogens is 467 g/mol. The van der Waals surface area contributed by atoms with Crippen LogP contribution in [0.4, 0.5) is 21.5 Å². The second-order valence-electron chi connectivity index (χ2n) is 9.46. The molecule has 192 valence electrons. The van der Waals surface area contributed by atoms with Crippen LogP contribution in [0.2, 0.25) is 0 Å². The average Bonchev–Trinajstić information content (AvgIpc) is 3.19. The van der Waals surface area contributed by atoms with Crippen LogP contribution < -0.4 is 14.5 Å². The van der Waals surface area contributed by atoms with E-state index in [2.05, 4.69) is 16.7 Å². The Hall–Kier alpha value is -3.71. The number of carbonyl (C=O) groups excluding carboxylic acids is 1. The van der Waals surface area contributed by atoms with E-state index in [9.17, 15) is 9.18 Å². The fourth-order valence-corrected chi connectivity index (χ4v) is 4.84. The second kappa shape index (κ2) is 11.6. The van der Waals surface area contributed by atoms with Crippen molar-refractivity contribution in [1.82, 2.24) is 4.90 Å². The first-order valence-electron chi connectivity index (χ1n) is 13.1. The van der Waals surface area contributed by atoms with Crippen LogP contribution in [0, 0.1) is 5.82 Å². The normalized spacial score (nSPS) is 16.9. The Kier molecular flexibility index (Phi) is 7.80. The highest BCUT2D eigenvalue weighted by atomic mass is 19.1. The van der Waals surface area contributed by atoms with Gasteiger partial charge in [-0.25, -0.2) is 9.38 Å². The molecule has 3 aromatic rings. The van der Waals surface area contributed by atoms with Crippen molar-refractivity contribution in [1.29, 1.82) is 0 Å². The van der Waals surface area contributed by atoms with E-state index in [1.807, 2.05) is 60.7 Å². The summed E-state index contributed by atoms with van der Waals surface area (Å²) in [5, 5.41) is 0. The second-order valence-corrected chi connectivity index (χ2v) is 9.46. The third-order valence-corrected chi connectivity index (χ3v) is 6.90. The van der Waals surface area contributed by atoms with Crippen molar-refractivity contribution in [2.75, 3.05) is 49.3 Å².